The number of phenols is 1. The summed E-state index contributed by atoms with van der Waals surface area (Å²) in [5, 5.41) is 10.3. The lowest BCUT2D eigenvalue weighted by Gasteiger charge is -2.22. The van der Waals surface area contributed by atoms with E-state index in [-0.39, 0.29) is 0 Å². The van der Waals surface area contributed by atoms with E-state index in [2.05, 4.69) is 35.2 Å². The van der Waals surface area contributed by atoms with Crippen LogP contribution in [0.15, 0.2) is 36.4 Å². The molecule has 1 N–H and O–H groups in total. The van der Waals surface area contributed by atoms with Crippen LogP contribution in [-0.2, 0) is 6.42 Å². The van der Waals surface area contributed by atoms with Gasteiger partial charge in [-0.2, -0.15) is 0 Å². The molecular weight excluding hydrogens is 234 g/mol. The number of anilines is 1. The van der Waals surface area contributed by atoms with Crippen LogP contribution in [0.5, 0.6) is 5.75 Å². The van der Waals surface area contributed by atoms with Crippen LogP contribution >= 0.6 is 0 Å². The van der Waals surface area contributed by atoms with Crippen LogP contribution in [0, 0.1) is 0 Å². The van der Waals surface area contributed by atoms with Gasteiger partial charge in [-0.15, -0.1) is 0 Å². The fourth-order valence-electron chi connectivity index (χ4n) is 3.48. The molecule has 19 heavy (non-hydrogen) atoms. The van der Waals surface area contributed by atoms with Gasteiger partial charge in [0.2, 0.25) is 0 Å². The van der Waals surface area contributed by atoms with E-state index in [0.717, 1.165) is 25.2 Å². The zero-order chi connectivity index (χ0) is 12.8. The first kappa shape index (κ1) is 10.9. The van der Waals surface area contributed by atoms with Crippen LogP contribution < -0.4 is 4.90 Å². The first-order chi connectivity index (χ1) is 9.34. The van der Waals surface area contributed by atoms with Gasteiger partial charge in [-0.25, -0.2) is 0 Å². The molecule has 4 rings (SSSR count). The van der Waals surface area contributed by atoms with Gasteiger partial charge in [0, 0.05) is 19.5 Å². The third-order valence-electron chi connectivity index (χ3n) is 4.36. The summed E-state index contributed by atoms with van der Waals surface area (Å²) in [5.74, 6) is 0.438. The highest BCUT2D eigenvalue weighted by molar-refractivity contribution is 5.85. The summed E-state index contributed by atoms with van der Waals surface area (Å²) in [6.45, 7) is 2.14. The van der Waals surface area contributed by atoms with Crippen LogP contribution in [0.1, 0.15) is 24.0 Å². The lowest BCUT2D eigenvalue weighted by atomic mass is 10.0. The van der Waals surface area contributed by atoms with Crippen molar-refractivity contribution in [1.82, 2.24) is 0 Å². The molecule has 1 aliphatic carbocycles. The standard InChI is InChI=1S/C17H17NO/c19-16-8-7-14-13-6-2-1-5-12(13)11-15(14)17(16)18-9-3-4-10-18/h1-2,5-8,19H,3-4,9-11H2. The minimum atomic E-state index is 0.438. The van der Waals surface area contributed by atoms with E-state index >= 15 is 0 Å². The zero-order valence-corrected chi connectivity index (χ0v) is 10.9. The molecule has 1 aliphatic heterocycles. The number of phenolic OH excluding ortho intramolecular Hbond substituents is 1. The molecule has 0 atom stereocenters. The first-order valence-electron chi connectivity index (χ1n) is 7.02. The second-order valence-electron chi connectivity index (χ2n) is 5.49. The largest absolute Gasteiger partial charge is 0.506 e. The second kappa shape index (κ2) is 4.02. The lowest BCUT2D eigenvalue weighted by molar-refractivity contribution is 0.474. The topological polar surface area (TPSA) is 23.5 Å². The maximum Gasteiger partial charge on any atom is 0.139 e. The van der Waals surface area contributed by atoms with Gasteiger partial charge in [0.05, 0.1) is 5.69 Å². The van der Waals surface area contributed by atoms with E-state index in [0.29, 0.717) is 5.75 Å². The molecule has 96 valence electrons. The van der Waals surface area contributed by atoms with Crippen molar-refractivity contribution in [2.24, 2.45) is 0 Å². The number of nitrogens with zero attached hydrogens (tertiary/aromatic N) is 1. The normalized spacial score (nSPS) is 16.5. The Morgan fingerprint density at radius 3 is 2.53 bits per heavy atom. The fourth-order valence-corrected chi connectivity index (χ4v) is 3.48. The number of fused-ring (bicyclic) bond motifs is 3. The molecule has 0 unspecified atom stereocenters. The van der Waals surface area contributed by atoms with Crippen molar-refractivity contribution in [3.8, 4) is 16.9 Å². The van der Waals surface area contributed by atoms with Gasteiger partial charge in [0.1, 0.15) is 5.75 Å². The monoisotopic (exact) mass is 251 g/mol. The van der Waals surface area contributed by atoms with E-state index in [1.54, 1.807) is 0 Å². The summed E-state index contributed by atoms with van der Waals surface area (Å²) in [4.78, 5) is 2.35. The number of hydrogen-bond donors (Lipinski definition) is 1. The van der Waals surface area contributed by atoms with Crippen molar-refractivity contribution in [2.75, 3.05) is 18.0 Å². The molecule has 1 saturated heterocycles. The Morgan fingerprint density at radius 2 is 1.68 bits per heavy atom. The Labute approximate surface area is 113 Å². The predicted octanol–water partition coefficient (Wildman–Crippen LogP) is 3.56. The molecule has 2 aromatic rings. The highest BCUT2D eigenvalue weighted by atomic mass is 16.3. The van der Waals surface area contributed by atoms with Gasteiger partial charge in [-0.3, -0.25) is 0 Å². The summed E-state index contributed by atoms with van der Waals surface area (Å²) in [5.41, 5.74) is 6.39. The second-order valence-corrected chi connectivity index (χ2v) is 5.49. The summed E-state index contributed by atoms with van der Waals surface area (Å²) in [6, 6.07) is 12.5. The van der Waals surface area contributed by atoms with Crippen molar-refractivity contribution in [3.05, 3.63) is 47.5 Å². The molecule has 1 heterocycles. The van der Waals surface area contributed by atoms with Crippen molar-refractivity contribution < 1.29 is 5.11 Å². The van der Waals surface area contributed by atoms with E-state index in [1.807, 2.05) is 6.07 Å². The molecule has 0 spiro atoms. The lowest BCUT2D eigenvalue weighted by Crippen LogP contribution is -2.19. The van der Waals surface area contributed by atoms with Gasteiger partial charge in [-0.05, 0) is 41.2 Å². The maximum absolute atomic E-state index is 10.3. The highest BCUT2D eigenvalue weighted by Crippen LogP contribution is 2.45. The third kappa shape index (κ3) is 1.56. The predicted molar refractivity (Wildman–Crippen MR) is 77.8 cm³/mol. The van der Waals surface area contributed by atoms with Gasteiger partial charge < -0.3 is 10.0 Å². The minimum absolute atomic E-state index is 0.438. The molecule has 2 aromatic carbocycles. The van der Waals surface area contributed by atoms with Crippen molar-refractivity contribution >= 4 is 5.69 Å². The van der Waals surface area contributed by atoms with E-state index in [1.165, 1.54) is 35.1 Å². The van der Waals surface area contributed by atoms with E-state index < -0.39 is 0 Å². The Bertz CT molecular complexity index is 642. The number of hydrogen-bond acceptors (Lipinski definition) is 2. The maximum atomic E-state index is 10.3. The van der Waals surface area contributed by atoms with Crippen LogP contribution in [0.4, 0.5) is 5.69 Å². The Morgan fingerprint density at radius 1 is 0.895 bits per heavy atom. The Hall–Kier alpha value is -1.96. The Kier molecular flexibility index (Phi) is 2.31. The number of benzene rings is 2. The minimum Gasteiger partial charge on any atom is -0.506 e. The molecule has 0 aromatic heterocycles. The van der Waals surface area contributed by atoms with Crippen molar-refractivity contribution in [3.63, 3.8) is 0 Å². The molecule has 2 nitrogen and oxygen atoms in total. The molecule has 0 bridgehead atoms. The van der Waals surface area contributed by atoms with Gasteiger partial charge in [0.25, 0.3) is 0 Å². The smallest absolute Gasteiger partial charge is 0.139 e. The molecule has 0 amide bonds. The fraction of sp³-hybridized carbons (Fsp3) is 0.294. The molecule has 1 fully saturated rings. The van der Waals surface area contributed by atoms with E-state index in [9.17, 15) is 5.11 Å². The average molecular weight is 251 g/mol. The zero-order valence-electron chi connectivity index (χ0n) is 10.9. The molecular formula is C17H17NO. The van der Waals surface area contributed by atoms with Crippen LogP contribution in [0.2, 0.25) is 0 Å². The van der Waals surface area contributed by atoms with E-state index in [4.69, 9.17) is 0 Å². The molecule has 2 aliphatic rings. The SMILES string of the molecule is Oc1ccc2c(c1N1CCCC1)Cc1ccccc1-2. The summed E-state index contributed by atoms with van der Waals surface area (Å²) < 4.78 is 0. The molecule has 0 radical (unpaired) electrons. The van der Waals surface area contributed by atoms with Crippen LogP contribution in [0.25, 0.3) is 11.1 Å². The van der Waals surface area contributed by atoms with Crippen LogP contribution in [-0.4, -0.2) is 18.2 Å². The molecule has 2 heteroatoms. The quantitative estimate of drug-likeness (QED) is 0.714. The first-order valence-corrected chi connectivity index (χ1v) is 7.02. The van der Waals surface area contributed by atoms with Gasteiger partial charge >= 0.3 is 0 Å². The highest BCUT2D eigenvalue weighted by Gasteiger charge is 2.26. The summed E-state index contributed by atoms with van der Waals surface area (Å²) in [7, 11) is 0. The van der Waals surface area contributed by atoms with Crippen molar-refractivity contribution in [1.29, 1.82) is 0 Å². The summed E-state index contributed by atoms with van der Waals surface area (Å²) >= 11 is 0. The van der Waals surface area contributed by atoms with Gasteiger partial charge in [0.15, 0.2) is 0 Å². The van der Waals surface area contributed by atoms with Crippen molar-refractivity contribution in [2.45, 2.75) is 19.3 Å². The Balaban J connectivity index is 1.90. The summed E-state index contributed by atoms with van der Waals surface area (Å²) in [6.07, 6.45) is 3.41. The third-order valence-corrected chi connectivity index (χ3v) is 4.36. The molecule has 0 saturated carbocycles. The average Bonchev–Trinajstić information content (AvgIpc) is 3.05. The number of rotatable bonds is 1. The van der Waals surface area contributed by atoms with Gasteiger partial charge in [-0.1, -0.05) is 30.3 Å². The number of aromatic hydroxyl groups is 1. The van der Waals surface area contributed by atoms with Crippen LogP contribution in [0.3, 0.4) is 0 Å².